The van der Waals surface area contributed by atoms with Gasteiger partial charge in [-0.3, -0.25) is 19.7 Å². The first-order chi connectivity index (χ1) is 16.0. The Morgan fingerprint density at radius 3 is 2.33 bits per heavy atom. The van der Waals surface area contributed by atoms with Gasteiger partial charge in [0.05, 0.1) is 30.1 Å². The van der Waals surface area contributed by atoms with Crippen LogP contribution in [0.4, 0.5) is 5.69 Å². The van der Waals surface area contributed by atoms with Gasteiger partial charge in [0.15, 0.2) is 11.5 Å². The summed E-state index contributed by atoms with van der Waals surface area (Å²) in [5.74, 6) is 0.204. The molecule has 168 valence electrons. The van der Waals surface area contributed by atoms with E-state index in [-0.39, 0.29) is 47.8 Å². The third-order valence-corrected chi connectivity index (χ3v) is 6.50. The van der Waals surface area contributed by atoms with E-state index in [2.05, 4.69) is 5.10 Å². The van der Waals surface area contributed by atoms with Gasteiger partial charge in [-0.25, -0.2) is 0 Å². The van der Waals surface area contributed by atoms with Crippen LogP contribution < -0.4 is 9.47 Å². The average molecular weight is 447 g/mol. The first-order valence-electron chi connectivity index (χ1n) is 10.6. The Morgan fingerprint density at radius 2 is 1.73 bits per heavy atom. The molecule has 2 amide bonds. The van der Waals surface area contributed by atoms with Crippen molar-refractivity contribution < 1.29 is 24.0 Å². The molecule has 9 heteroatoms. The molecule has 0 N–H and O–H groups in total. The lowest BCUT2D eigenvalue weighted by atomic mass is 9.85. The number of hydrogen-bond donors (Lipinski definition) is 0. The summed E-state index contributed by atoms with van der Waals surface area (Å²) in [5.41, 5.74) is 1.43. The number of nitrogens with zero attached hydrogens (tertiary/aromatic N) is 3. The lowest BCUT2D eigenvalue weighted by molar-refractivity contribution is -0.384. The number of hydrogen-bond acceptors (Lipinski definition) is 7. The molecule has 1 saturated carbocycles. The summed E-state index contributed by atoms with van der Waals surface area (Å²) in [6.07, 6.45) is 6.44. The first-order valence-corrected chi connectivity index (χ1v) is 10.6. The predicted octanol–water partition coefficient (Wildman–Crippen LogP) is 3.32. The first kappa shape index (κ1) is 20.9. The fourth-order valence-corrected chi connectivity index (χ4v) is 4.88. The normalized spacial score (nSPS) is 25.2. The van der Waals surface area contributed by atoms with Gasteiger partial charge in [-0.1, -0.05) is 12.2 Å². The average Bonchev–Trinajstić information content (AvgIpc) is 3.51. The second-order valence-corrected chi connectivity index (χ2v) is 8.36. The SMILES string of the molecule is COc1cc(C=NN2C(=O)[C@@H]3[C@H](C2=O)[C@H]2C=C[C@H]3C2)ccc1OCc1ccc([N+](=O)[O-])cc1. The molecule has 33 heavy (non-hydrogen) atoms. The summed E-state index contributed by atoms with van der Waals surface area (Å²) in [6, 6.07) is 11.3. The lowest BCUT2D eigenvalue weighted by Crippen LogP contribution is -2.28. The molecule has 0 radical (unpaired) electrons. The minimum atomic E-state index is -0.454. The van der Waals surface area contributed by atoms with Crippen LogP contribution in [0.5, 0.6) is 11.5 Å². The highest BCUT2D eigenvalue weighted by atomic mass is 16.6. The van der Waals surface area contributed by atoms with Crippen LogP contribution in [0.1, 0.15) is 17.5 Å². The van der Waals surface area contributed by atoms with Crippen molar-refractivity contribution in [1.82, 2.24) is 5.01 Å². The molecule has 4 atom stereocenters. The third-order valence-electron chi connectivity index (χ3n) is 6.50. The Balaban J connectivity index is 1.26. The van der Waals surface area contributed by atoms with E-state index in [9.17, 15) is 19.7 Å². The number of amides is 2. The number of non-ortho nitro benzene ring substituents is 1. The molecule has 5 rings (SSSR count). The largest absolute Gasteiger partial charge is 0.493 e. The van der Waals surface area contributed by atoms with E-state index in [1.807, 2.05) is 12.2 Å². The van der Waals surface area contributed by atoms with Crippen molar-refractivity contribution in [2.45, 2.75) is 13.0 Å². The monoisotopic (exact) mass is 447 g/mol. The number of carbonyl (C=O) groups excluding carboxylic acids is 2. The Labute approximate surface area is 189 Å². The van der Waals surface area contributed by atoms with Gasteiger partial charge in [0.1, 0.15) is 6.61 Å². The maximum atomic E-state index is 12.7. The molecule has 2 aliphatic carbocycles. The highest BCUT2D eigenvalue weighted by Crippen LogP contribution is 2.52. The summed E-state index contributed by atoms with van der Waals surface area (Å²) in [4.78, 5) is 35.8. The summed E-state index contributed by atoms with van der Waals surface area (Å²) in [7, 11) is 1.51. The highest BCUT2D eigenvalue weighted by Gasteiger charge is 2.59. The van der Waals surface area contributed by atoms with Crippen molar-refractivity contribution in [2.24, 2.45) is 28.8 Å². The number of carbonyl (C=O) groups is 2. The number of hydrazone groups is 1. The lowest BCUT2D eigenvalue weighted by Gasteiger charge is -2.13. The van der Waals surface area contributed by atoms with Crippen LogP contribution in [0, 0.1) is 33.8 Å². The van der Waals surface area contributed by atoms with Crippen LogP contribution in [-0.4, -0.2) is 35.1 Å². The Kier molecular flexibility index (Phi) is 5.16. The Morgan fingerprint density at radius 1 is 1.06 bits per heavy atom. The molecule has 1 aliphatic heterocycles. The number of nitro benzene ring substituents is 1. The van der Waals surface area contributed by atoms with Gasteiger partial charge in [0.25, 0.3) is 17.5 Å². The van der Waals surface area contributed by atoms with Gasteiger partial charge < -0.3 is 9.47 Å². The minimum Gasteiger partial charge on any atom is -0.493 e. The Hall–Kier alpha value is -4.01. The quantitative estimate of drug-likeness (QED) is 0.212. The molecule has 2 aromatic carbocycles. The zero-order chi connectivity index (χ0) is 23.1. The smallest absolute Gasteiger partial charge is 0.269 e. The second kappa shape index (κ2) is 8.16. The van der Waals surface area contributed by atoms with Crippen molar-refractivity contribution in [3.05, 3.63) is 75.9 Å². The molecule has 0 unspecified atom stereocenters. The third kappa shape index (κ3) is 3.65. The van der Waals surface area contributed by atoms with Crippen LogP contribution in [-0.2, 0) is 16.2 Å². The maximum absolute atomic E-state index is 12.7. The molecule has 3 aliphatic rings. The van der Waals surface area contributed by atoms with E-state index in [0.717, 1.165) is 17.0 Å². The van der Waals surface area contributed by atoms with Crippen LogP contribution in [0.25, 0.3) is 0 Å². The number of ether oxygens (including phenoxy) is 2. The number of fused-ring (bicyclic) bond motifs is 5. The van der Waals surface area contributed by atoms with E-state index >= 15 is 0 Å². The molecule has 1 saturated heterocycles. The molecular weight excluding hydrogens is 426 g/mol. The van der Waals surface area contributed by atoms with E-state index in [4.69, 9.17) is 9.47 Å². The number of methoxy groups -OCH3 is 1. The van der Waals surface area contributed by atoms with E-state index in [1.165, 1.54) is 25.5 Å². The number of nitro groups is 1. The molecule has 2 bridgehead atoms. The Bertz CT molecular complexity index is 1160. The van der Waals surface area contributed by atoms with Crippen LogP contribution in [0.15, 0.2) is 59.7 Å². The summed E-state index contributed by atoms with van der Waals surface area (Å²) in [5, 5.41) is 16.0. The molecular formula is C24H21N3O6. The van der Waals surface area contributed by atoms with Crippen LogP contribution in [0.2, 0.25) is 0 Å². The van der Waals surface area contributed by atoms with Crippen molar-refractivity contribution >= 4 is 23.7 Å². The standard InChI is InChI=1S/C24H21N3O6/c1-32-20-10-15(4-9-19(20)33-13-14-2-7-18(8-3-14)27(30)31)12-25-26-23(28)21-16-5-6-17(11-16)22(21)24(26)29/h2-10,12,16-17,21-22H,11,13H2,1H3/t16-,17-,21-,22+/m0/s1. The van der Waals surface area contributed by atoms with E-state index in [0.29, 0.717) is 17.1 Å². The second-order valence-electron chi connectivity index (χ2n) is 8.36. The minimum absolute atomic E-state index is 0.0162. The summed E-state index contributed by atoms with van der Waals surface area (Å²) < 4.78 is 11.2. The topological polar surface area (TPSA) is 111 Å². The zero-order valence-corrected chi connectivity index (χ0v) is 17.8. The molecule has 9 nitrogen and oxygen atoms in total. The molecule has 0 spiro atoms. The number of imide groups is 1. The number of allylic oxidation sites excluding steroid dienone is 2. The van der Waals surface area contributed by atoms with Gasteiger partial charge in [-0.15, -0.1) is 0 Å². The number of benzene rings is 2. The van der Waals surface area contributed by atoms with Crippen molar-refractivity contribution in [2.75, 3.05) is 7.11 Å². The predicted molar refractivity (Wildman–Crippen MR) is 118 cm³/mol. The van der Waals surface area contributed by atoms with Crippen molar-refractivity contribution in [3.8, 4) is 11.5 Å². The van der Waals surface area contributed by atoms with Gasteiger partial charge in [-0.05, 0) is 59.7 Å². The van der Waals surface area contributed by atoms with Gasteiger partial charge in [0.2, 0.25) is 0 Å². The highest BCUT2D eigenvalue weighted by molar-refractivity contribution is 6.06. The molecule has 2 fully saturated rings. The summed E-state index contributed by atoms with van der Waals surface area (Å²) >= 11 is 0. The molecule has 0 aromatic heterocycles. The molecule has 1 heterocycles. The van der Waals surface area contributed by atoms with Crippen LogP contribution >= 0.6 is 0 Å². The maximum Gasteiger partial charge on any atom is 0.269 e. The fourth-order valence-electron chi connectivity index (χ4n) is 4.88. The van der Waals surface area contributed by atoms with Crippen LogP contribution in [0.3, 0.4) is 0 Å². The van der Waals surface area contributed by atoms with Gasteiger partial charge in [-0.2, -0.15) is 10.1 Å². The van der Waals surface area contributed by atoms with Crippen molar-refractivity contribution in [3.63, 3.8) is 0 Å². The molecule has 2 aromatic rings. The fraction of sp³-hybridized carbons (Fsp3) is 0.292. The van der Waals surface area contributed by atoms with Gasteiger partial charge >= 0.3 is 0 Å². The zero-order valence-electron chi connectivity index (χ0n) is 17.8. The summed E-state index contributed by atoms with van der Waals surface area (Å²) in [6.45, 7) is 0.206. The van der Waals surface area contributed by atoms with Crippen molar-refractivity contribution in [1.29, 1.82) is 0 Å². The van der Waals surface area contributed by atoms with E-state index < -0.39 is 4.92 Å². The van der Waals surface area contributed by atoms with E-state index in [1.54, 1.807) is 30.3 Å². The van der Waals surface area contributed by atoms with Gasteiger partial charge in [0, 0.05) is 12.1 Å². The number of rotatable bonds is 7.